The zero-order valence-corrected chi connectivity index (χ0v) is 17.1. The number of methoxy groups -OCH3 is 2. The number of rotatable bonds is 7. The van der Waals surface area contributed by atoms with Crippen molar-refractivity contribution in [3.63, 3.8) is 0 Å². The second-order valence-corrected chi connectivity index (χ2v) is 6.35. The van der Waals surface area contributed by atoms with E-state index >= 15 is 0 Å². The Morgan fingerprint density at radius 2 is 1.81 bits per heavy atom. The van der Waals surface area contributed by atoms with E-state index in [1.807, 2.05) is 25.1 Å². The monoisotopic (exact) mass is 392 g/mol. The first-order valence-corrected chi connectivity index (χ1v) is 9.14. The van der Waals surface area contributed by atoms with Gasteiger partial charge in [0, 0.05) is 31.7 Å². The second-order valence-electron chi connectivity index (χ2n) is 6.35. The van der Waals surface area contributed by atoms with Gasteiger partial charge in [-0.2, -0.15) is 0 Å². The zero-order valence-electron chi connectivity index (χ0n) is 16.2. The fourth-order valence-corrected chi connectivity index (χ4v) is 3.50. The highest BCUT2D eigenvalue weighted by molar-refractivity contribution is 5.85. The van der Waals surface area contributed by atoms with Gasteiger partial charge in [0.05, 0.1) is 26.9 Å². The third kappa shape index (κ3) is 5.06. The number of benzene rings is 2. The van der Waals surface area contributed by atoms with Crippen LogP contribution in [0, 0.1) is 0 Å². The van der Waals surface area contributed by atoms with Gasteiger partial charge < -0.3 is 19.5 Å². The first-order valence-electron chi connectivity index (χ1n) is 9.14. The summed E-state index contributed by atoms with van der Waals surface area (Å²) in [6, 6.07) is 14.7. The van der Waals surface area contributed by atoms with Crippen LogP contribution >= 0.6 is 12.4 Å². The standard InChI is InChI=1S/C21H28N2O3.ClH/c1-4-26-20-10-9-16(13-21(20)25-3)15-23-12-11-22-14-18(23)17-7-5-6-8-19(17)24-2;/h5-10,13,18,22H,4,11-12,14-15H2,1-3H3;1H. The number of para-hydroxylation sites is 1. The molecule has 0 saturated carbocycles. The highest BCUT2D eigenvalue weighted by Crippen LogP contribution is 2.33. The molecule has 1 unspecified atom stereocenters. The number of piperazine rings is 1. The Morgan fingerprint density at radius 3 is 2.56 bits per heavy atom. The van der Waals surface area contributed by atoms with Crippen LogP contribution in [0.2, 0.25) is 0 Å². The van der Waals surface area contributed by atoms with Gasteiger partial charge in [-0.05, 0) is 30.7 Å². The Bertz CT molecular complexity index is 726. The smallest absolute Gasteiger partial charge is 0.161 e. The molecule has 1 N–H and O–H groups in total. The van der Waals surface area contributed by atoms with Crippen LogP contribution in [0.1, 0.15) is 24.1 Å². The molecule has 1 aliphatic heterocycles. The van der Waals surface area contributed by atoms with Gasteiger partial charge in [-0.25, -0.2) is 0 Å². The van der Waals surface area contributed by atoms with Crippen LogP contribution in [0.5, 0.6) is 17.2 Å². The molecule has 0 aromatic heterocycles. The molecular formula is C21H29ClN2O3. The molecule has 6 heteroatoms. The number of hydrogen-bond donors (Lipinski definition) is 1. The van der Waals surface area contributed by atoms with Gasteiger partial charge in [-0.15, -0.1) is 12.4 Å². The predicted molar refractivity (Wildman–Crippen MR) is 110 cm³/mol. The molecule has 2 aromatic rings. The van der Waals surface area contributed by atoms with Crippen molar-refractivity contribution in [1.82, 2.24) is 10.2 Å². The number of nitrogens with one attached hydrogen (secondary N) is 1. The van der Waals surface area contributed by atoms with E-state index in [1.165, 1.54) is 11.1 Å². The summed E-state index contributed by atoms with van der Waals surface area (Å²) in [6.07, 6.45) is 0. The fourth-order valence-electron chi connectivity index (χ4n) is 3.50. The molecule has 1 atom stereocenters. The lowest BCUT2D eigenvalue weighted by Crippen LogP contribution is -2.45. The molecule has 27 heavy (non-hydrogen) atoms. The summed E-state index contributed by atoms with van der Waals surface area (Å²) in [5.74, 6) is 2.52. The highest BCUT2D eigenvalue weighted by Gasteiger charge is 2.26. The van der Waals surface area contributed by atoms with Gasteiger partial charge in [0.15, 0.2) is 11.5 Å². The molecule has 2 aromatic carbocycles. The van der Waals surface area contributed by atoms with Crippen LogP contribution in [0.4, 0.5) is 0 Å². The Kier molecular flexibility index (Phi) is 8.23. The summed E-state index contributed by atoms with van der Waals surface area (Å²) >= 11 is 0. The van der Waals surface area contributed by atoms with E-state index in [0.717, 1.165) is 43.4 Å². The van der Waals surface area contributed by atoms with Crippen molar-refractivity contribution in [2.45, 2.75) is 19.5 Å². The first kappa shape index (κ1) is 21.4. The number of ether oxygens (including phenoxy) is 3. The predicted octanol–water partition coefficient (Wildman–Crippen LogP) is 3.67. The van der Waals surface area contributed by atoms with Crippen LogP contribution in [-0.2, 0) is 6.54 Å². The van der Waals surface area contributed by atoms with Crippen molar-refractivity contribution in [2.75, 3.05) is 40.5 Å². The van der Waals surface area contributed by atoms with Crippen molar-refractivity contribution in [3.8, 4) is 17.2 Å². The Balaban J connectivity index is 0.00000261. The van der Waals surface area contributed by atoms with Gasteiger partial charge in [0.1, 0.15) is 5.75 Å². The maximum absolute atomic E-state index is 5.63. The Hall–Kier alpha value is -1.95. The van der Waals surface area contributed by atoms with E-state index in [1.54, 1.807) is 14.2 Å². The lowest BCUT2D eigenvalue weighted by molar-refractivity contribution is 0.151. The largest absolute Gasteiger partial charge is 0.496 e. The average molecular weight is 393 g/mol. The quantitative estimate of drug-likeness (QED) is 0.778. The van der Waals surface area contributed by atoms with E-state index < -0.39 is 0 Å². The van der Waals surface area contributed by atoms with Crippen LogP contribution in [0.3, 0.4) is 0 Å². The van der Waals surface area contributed by atoms with Crippen molar-refractivity contribution < 1.29 is 14.2 Å². The SMILES string of the molecule is CCOc1ccc(CN2CCNCC2c2ccccc2OC)cc1OC.Cl. The van der Waals surface area contributed by atoms with Crippen molar-refractivity contribution >= 4 is 12.4 Å². The molecule has 0 spiro atoms. The minimum absolute atomic E-state index is 0. The molecule has 1 saturated heterocycles. The summed E-state index contributed by atoms with van der Waals surface area (Å²) in [5, 5.41) is 3.51. The van der Waals surface area contributed by atoms with Crippen molar-refractivity contribution in [1.29, 1.82) is 0 Å². The van der Waals surface area contributed by atoms with Crippen molar-refractivity contribution in [2.24, 2.45) is 0 Å². The summed E-state index contributed by atoms with van der Waals surface area (Å²) in [7, 11) is 3.42. The molecular weight excluding hydrogens is 364 g/mol. The fraction of sp³-hybridized carbons (Fsp3) is 0.429. The summed E-state index contributed by atoms with van der Waals surface area (Å²) in [6.45, 7) is 6.34. The van der Waals surface area contributed by atoms with Crippen LogP contribution in [0.25, 0.3) is 0 Å². The van der Waals surface area contributed by atoms with E-state index in [-0.39, 0.29) is 18.4 Å². The number of hydrogen-bond acceptors (Lipinski definition) is 5. The van der Waals surface area contributed by atoms with Crippen LogP contribution in [0.15, 0.2) is 42.5 Å². The topological polar surface area (TPSA) is 43.0 Å². The summed E-state index contributed by atoms with van der Waals surface area (Å²) < 4.78 is 16.7. The average Bonchev–Trinajstić information content (AvgIpc) is 2.69. The molecule has 5 nitrogen and oxygen atoms in total. The lowest BCUT2D eigenvalue weighted by atomic mass is 10.0. The maximum atomic E-state index is 5.63. The van der Waals surface area contributed by atoms with Gasteiger partial charge in [-0.1, -0.05) is 24.3 Å². The second kappa shape index (κ2) is 10.4. The maximum Gasteiger partial charge on any atom is 0.161 e. The van der Waals surface area contributed by atoms with Crippen LogP contribution in [-0.4, -0.2) is 45.4 Å². The van der Waals surface area contributed by atoms with Crippen molar-refractivity contribution in [3.05, 3.63) is 53.6 Å². The molecule has 148 valence electrons. The Morgan fingerprint density at radius 1 is 1.04 bits per heavy atom. The minimum Gasteiger partial charge on any atom is -0.496 e. The third-order valence-corrected chi connectivity index (χ3v) is 4.77. The molecule has 0 radical (unpaired) electrons. The van der Waals surface area contributed by atoms with E-state index in [0.29, 0.717) is 6.61 Å². The van der Waals surface area contributed by atoms with E-state index in [2.05, 4.69) is 34.5 Å². The van der Waals surface area contributed by atoms with Gasteiger partial charge >= 0.3 is 0 Å². The van der Waals surface area contributed by atoms with E-state index in [4.69, 9.17) is 14.2 Å². The van der Waals surface area contributed by atoms with E-state index in [9.17, 15) is 0 Å². The lowest BCUT2D eigenvalue weighted by Gasteiger charge is -2.37. The molecule has 3 rings (SSSR count). The summed E-state index contributed by atoms with van der Waals surface area (Å²) in [5.41, 5.74) is 2.44. The number of nitrogens with zero attached hydrogens (tertiary/aromatic N) is 1. The zero-order chi connectivity index (χ0) is 18.4. The first-order chi connectivity index (χ1) is 12.8. The molecule has 0 bridgehead atoms. The number of halogens is 1. The molecule has 1 aliphatic rings. The Labute approximate surface area is 168 Å². The van der Waals surface area contributed by atoms with Gasteiger partial charge in [-0.3, -0.25) is 4.90 Å². The van der Waals surface area contributed by atoms with Gasteiger partial charge in [0.2, 0.25) is 0 Å². The third-order valence-electron chi connectivity index (χ3n) is 4.77. The molecule has 0 aliphatic carbocycles. The normalized spacial score (nSPS) is 17.1. The van der Waals surface area contributed by atoms with Crippen LogP contribution < -0.4 is 19.5 Å². The molecule has 1 heterocycles. The molecule has 1 fully saturated rings. The minimum atomic E-state index is 0. The highest BCUT2D eigenvalue weighted by atomic mass is 35.5. The van der Waals surface area contributed by atoms with Gasteiger partial charge in [0.25, 0.3) is 0 Å². The molecule has 0 amide bonds. The summed E-state index contributed by atoms with van der Waals surface area (Å²) in [4.78, 5) is 2.49.